The maximum absolute atomic E-state index is 13.0. The molecule has 24 heavy (non-hydrogen) atoms. The molecule has 2 unspecified atom stereocenters. The number of hydrogen-bond acceptors (Lipinski definition) is 3. The number of methoxy groups -OCH3 is 2. The fraction of sp³-hybridized carbons (Fsp3) is 0.632. The number of benzene rings is 1. The summed E-state index contributed by atoms with van der Waals surface area (Å²) in [5, 5.41) is 0. The van der Waals surface area contributed by atoms with E-state index in [4.69, 9.17) is 9.47 Å². The summed E-state index contributed by atoms with van der Waals surface area (Å²) in [4.78, 5) is 16.1. The predicted molar refractivity (Wildman–Crippen MR) is 89.5 cm³/mol. The largest absolute Gasteiger partial charge is 0.493 e. The van der Waals surface area contributed by atoms with Gasteiger partial charge in [-0.15, -0.1) is 0 Å². The smallest absolute Gasteiger partial charge is 0.240 e. The first-order chi connectivity index (χ1) is 11.5. The molecule has 4 saturated heterocycles. The second-order valence-corrected chi connectivity index (χ2v) is 8.09. The van der Waals surface area contributed by atoms with Crippen LogP contribution in [0.25, 0.3) is 0 Å². The van der Waals surface area contributed by atoms with E-state index in [0.29, 0.717) is 11.9 Å². The summed E-state index contributed by atoms with van der Waals surface area (Å²) < 4.78 is 10.9. The summed E-state index contributed by atoms with van der Waals surface area (Å²) >= 11 is 0. The van der Waals surface area contributed by atoms with Crippen molar-refractivity contribution < 1.29 is 24.1 Å². The maximum Gasteiger partial charge on any atom is 0.240 e. The molecule has 5 heteroatoms. The number of nitrogens with one attached hydrogen (secondary N) is 2. The third-order valence-electron chi connectivity index (χ3n) is 6.63. The van der Waals surface area contributed by atoms with Crippen molar-refractivity contribution in [2.24, 2.45) is 10.8 Å². The molecule has 130 valence electrons. The Morgan fingerprint density at radius 1 is 1.08 bits per heavy atom. The summed E-state index contributed by atoms with van der Waals surface area (Å²) in [6.07, 6.45) is 1.36. The molecule has 4 heterocycles. The summed E-state index contributed by atoms with van der Waals surface area (Å²) in [5.41, 5.74) is 1.03. The number of quaternary nitrogens is 2. The molecule has 1 aromatic rings. The zero-order chi connectivity index (χ0) is 17.1. The second-order valence-electron chi connectivity index (χ2n) is 8.09. The van der Waals surface area contributed by atoms with Crippen LogP contribution in [0, 0.1) is 10.8 Å². The van der Waals surface area contributed by atoms with Crippen molar-refractivity contribution in [3.05, 3.63) is 23.8 Å². The number of ether oxygens (including phenoxy) is 2. The minimum atomic E-state index is -0.149. The van der Waals surface area contributed by atoms with Crippen molar-refractivity contribution in [2.75, 3.05) is 40.4 Å². The van der Waals surface area contributed by atoms with Gasteiger partial charge < -0.3 is 9.47 Å². The first kappa shape index (κ1) is 15.9. The van der Waals surface area contributed by atoms with Gasteiger partial charge in [0.05, 0.1) is 32.9 Å². The Balaban J connectivity index is 1.72. The van der Waals surface area contributed by atoms with E-state index < -0.39 is 0 Å². The van der Waals surface area contributed by atoms with Crippen molar-refractivity contribution in [3.63, 3.8) is 0 Å². The minimum Gasteiger partial charge on any atom is -0.493 e. The number of Topliss-reactive ketones (excluding diaryl/α,β-unsaturated/α-hetero) is 1. The Hall–Kier alpha value is -1.59. The average molecular weight is 332 g/mol. The van der Waals surface area contributed by atoms with E-state index in [-0.39, 0.29) is 10.8 Å². The molecule has 5 rings (SSSR count). The zero-order valence-electron chi connectivity index (χ0n) is 15.1. The van der Waals surface area contributed by atoms with Crippen molar-refractivity contribution in [1.29, 1.82) is 0 Å². The fourth-order valence-electron chi connectivity index (χ4n) is 5.69. The number of rotatable bonds is 4. The van der Waals surface area contributed by atoms with E-state index in [9.17, 15) is 4.79 Å². The zero-order valence-corrected chi connectivity index (χ0v) is 15.1. The van der Waals surface area contributed by atoms with Gasteiger partial charge in [0, 0.05) is 0 Å². The number of carbonyl (C=O) groups is 1. The van der Waals surface area contributed by atoms with Crippen LogP contribution in [0.15, 0.2) is 18.2 Å². The summed E-state index contributed by atoms with van der Waals surface area (Å²) in [5.74, 6) is 2.08. The Kier molecular flexibility index (Phi) is 3.45. The SMILES string of the molecule is CCC12C[NH+]3CC(C)(C[NH+](C1)C3c1ccc(OC)c(OC)c1)C2=O. The second kappa shape index (κ2) is 5.20. The molecule has 0 aromatic heterocycles. The number of carbonyl (C=O) groups excluding carboxylic acids is 1. The molecule has 4 aliphatic rings. The standard InChI is InChI=1S/C19H26N2O3/c1-5-19-11-20-9-18(2,17(19)22)10-21(12-19)16(20)13-6-7-14(23-3)15(8-13)24-4/h6-8,16H,5,9-12H2,1-4H3/p+2. The van der Waals surface area contributed by atoms with Gasteiger partial charge in [0.1, 0.15) is 23.9 Å². The Morgan fingerprint density at radius 2 is 1.71 bits per heavy atom. The highest BCUT2D eigenvalue weighted by atomic mass is 16.5. The first-order valence-corrected chi connectivity index (χ1v) is 8.92. The van der Waals surface area contributed by atoms with Crippen molar-refractivity contribution in [2.45, 2.75) is 26.4 Å². The van der Waals surface area contributed by atoms with Gasteiger partial charge >= 0.3 is 0 Å². The van der Waals surface area contributed by atoms with E-state index in [1.165, 1.54) is 5.56 Å². The van der Waals surface area contributed by atoms with Gasteiger partial charge in [-0.05, 0) is 31.5 Å². The van der Waals surface area contributed by atoms with Crippen molar-refractivity contribution in [3.8, 4) is 11.5 Å². The highest BCUT2D eigenvalue weighted by molar-refractivity contribution is 5.91. The van der Waals surface area contributed by atoms with Crippen LogP contribution in [0.5, 0.6) is 11.5 Å². The van der Waals surface area contributed by atoms with Gasteiger partial charge in [0.25, 0.3) is 0 Å². The molecule has 0 amide bonds. The lowest BCUT2D eigenvalue weighted by Gasteiger charge is -2.59. The topological polar surface area (TPSA) is 44.4 Å². The summed E-state index contributed by atoms with van der Waals surface area (Å²) in [6, 6.07) is 6.29. The summed E-state index contributed by atoms with van der Waals surface area (Å²) in [6.45, 7) is 8.22. The van der Waals surface area contributed by atoms with E-state index >= 15 is 0 Å². The van der Waals surface area contributed by atoms with Crippen LogP contribution in [0.3, 0.4) is 0 Å². The quantitative estimate of drug-likeness (QED) is 0.780. The van der Waals surface area contributed by atoms with E-state index in [1.54, 1.807) is 24.0 Å². The van der Waals surface area contributed by atoms with Crippen LogP contribution < -0.4 is 19.3 Å². The van der Waals surface area contributed by atoms with Gasteiger partial charge in [-0.25, -0.2) is 0 Å². The molecule has 5 nitrogen and oxygen atoms in total. The number of piperidine rings is 2. The van der Waals surface area contributed by atoms with Crippen LogP contribution in [-0.4, -0.2) is 46.2 Å². The molecule has 0 radical (unpaired) electrons. The molecule has 1 aromatic carbocycles. The number of hydrogen-bond donors (Lipinski definition) is 2. The molecule has 2 atom stereocenters. The molecule has 4 aliphatic heterocycles. The lowest BCUT2D eigenvalue weighted by molar-refractivity contribution is -1.18. The predicted octanol–water partition coefficient (Wildman–Crippen LogP) is -0.515. The normalized spacial score (nSPS) is 40.0. The first-order valence-electron chi connectivity index (χ1n) is 8.92. The third-order valence-corrected chi connectivity index (χ3v) is 6.63. The lowest BCUT2D eigenvalue weighted by atomic mass is 9.60. The van der Waals surface area contributed by atoms with Crippen LogP contribution in [0.4, 0.5) is 0 Å². The van der Waals surface area contributed by atoms with Gasteiger partial charge in [-0.3, -0.25) is 14.6 Å². The lowest BCUT2D eigenvalue weighted by Crippen LogP contribution is -3.41. The molecular weight excluding hydrogens is 304 g/mol. The van der Waals surface area contributed by atoms with Crippen LogP contribution in [0.2, 0.25) is 0 Å². The van der Waals surface area contributed by atoms with Crippen LogP contribution in [-0.2, 0) is 4.79 Å². The van der Waals surface area contributed by atoms with Gasteiger partial charge in [0.2, 0.25) is 6.17 Å². The highest BCUT2D eigenvalue weighted by Gasteiger charge is 2.69. The fourth-order valence-corrected chi connectivity index (χ4v) is 5.69. The molecule has 4 fully saturated rings. The summed E-state index contributed by atoms with van der Waals surface area (Å²) in [7, 11) is 3.35. The van der Waals surface area contributed by atoms with E-state index in [2.05, 4.69) is 26.0 Å². The van der Waals surface area contributed by atoms with Gasteiger partial charge in [0.15, 0.2) is 17.3 Å². The molecular formula is C19H28N2O3+2. The maximum atomic E-state index is 13.0. The molecule has 0 aliphatic carbocycles. The van der Waals surface area contributed by atoms with Crippen molar-refractivity contribution >= 4 is 5.78 Å². The number of ketones is 1. The highest BCUT2D eigenvalue weighted by Crippen LogP contribution is 2.39. The Morgan fingerprint density at radius 3 is 2.25 bits per heavy atom. The Bertz CT molecular complexity index is 671. The van der Waals surface area contributed by atoms with E-state index in [0.717, 1.165) is 44.1 Å². The molecule has 0 saturated carbocycles. The molecule has 2 N–H and O–H groups in total. The molecule has 4 bridgehead atoms. The van der Waals surface area contributed by atoms with Gasteiger partial charge in [-0.2, -0.15) is 0 Å². The van der Waals surface area contributed by atoms with Crippen LogP contribution >= 0.6 is 0 Å². The average Bonchev–Trinajstić information content (AvgIpc) is 2.58. The van der Waals surface area contributed by atoms with Crippen LogP contribution in [0.1, 0.15) is 32.0 Å². The van der Waals surface area contributed by atoms with Gasteiger partial charge in [-0.1, -0.05) is 6.92 Å². The molecule has 0 spiro atoms. The Labute approximate surface area is 143 Å². The monoisotopic (exact) mass is 332 g/mol. The van der Waals surface area contributed by atoms with Crippen molar-refractivity contribution in [1.82, 2.24) is 0 Å². The minimum absolute atomic E-state index is 0.108. The van der Waals surface area contributed by atoms with E-state index in [1.807, 2.05) is 6.07 Å². The third kappa shape index (κ3) is 1.97.